The molecule has 1 fully saturated rings. The van der Waals surface area contributed by atoms with Crippen molar-refractivity contribution in [1.82, 2.24) is 20.1 Å². The standard InChI is InChI=1S/C16H17FN4O3/c1-9-18-13(20-21(9)11-6-4-10(17)5-7-11)14(22)19-12-15(23)24-8-16(12,2)3/h4-7,12H,8H2,1-3H3,(H,19,22). The lowest BCUT2D eigenvalue weighted by molar-refractivity contribution is -0.139. The number of amides is 1. The minimum Gasteiger partial charge on any atom is -0.463 e. The molecule has 7 nitrogen and oxygen atoms in total. The second-order valence-corrected chi connectivity index (χ2v) is 6.37. The van der Waals surface area contributed by atoms with Gasteiger partial charge in [0.2, 0.25) is 5.82 Å². The van der Waals surface area contributed by atoms with Crippen molar-refractivity contribution in [3.63, 3.8) is 0 Å². The Kier molecular flexibility index (Phi) is 3.82. The van der Waals surface area contributed by atoms with Crippen LogP contribution < -0.4 is 5.32 Å². The maximum atomic E-state index is 13.0. The van der Waals surface area contributed by atoms with Crippen molar-refractivity contribution in [2.45, 2.75) is 26.8 Å². The van der Waals surface area contributed by atoms with Crippen molar-refractivity contribution >= 4 is 11.9 Å². The van der Waals surface area contributed by atoms with E-state index in [1.54, 1.807) is 6.92 Å². The molecule has 0 spiro atoms. The number of carbonyl (C=O) groups excluding carboxylic acids is 2. The molecule has 1 N–H and O–H groups in total. The summed E-state index contributed by atoms with van der Waals surface area (Å²) >= 11 is 0. The fraction of sp³-hybridized carbons (Fsp3) is 0.375. The highest BCUT2D eigenvalue weighted by molar-refractivity contribution is 5.94. The van der Waals surface area contributed by atoms with Gasteiger partial charge in [-0.3, -0.25) is 4.79 Å². The van der Waals surface area contributed by atoms with E-state index in [0.717, 1.165) is 0 Å². The van der Waals surface area contributed by atoms with Gasteiger partial charge >= 0.3 is 5.97 Å². The van der Waals surface area contributed by atoms with Crippen molar-refractivity contribution < 1.29 is 18.7 Å². The van der Waals surface area contributed by atoms with Crippen LogP contribution in [-0.2, 0) is 9.53 Å². The van der Waals surface area contributed by atoms with Crippen LogP contribution in [0, 0.1) is 18.2 Å². The topological polar surface area (TPSA) is 86.1 Å². The molecule has 1 aliphatic rings. The molecule has 1 atom stereocenters. The lowest BCUT2D eigenvalue weighted by Crippen LogP contribution is -2.46. The number of hydrogen-bond donors (Lipinski definition) is 1. The molecular formula is C16H17FN4O3. The maximum Gasteiger partial charge on any atom is 0.329 e. The average Bonchev–Trinajstić information content (AvgIpc) is 3.03. The highest BCUT2D eigenvalue weighted by Gasteiger charge is 2.44. The zero-order chi connectivity index (χ0) is 17.5. The number of aromatic nitrogens is 3. The molecule has 1 aliphatic heterocycles. The largest absolute Gasteiger partial charge is 0.463 e. The van der Waals surface area contributed by atoms with Crippen LogP contribution in [-0.4, -0.2) is 39.3 Å². The summed E-state index contributed by atoms with van der Waals surface area (Å²) in [7, 11) is 0. The molecule has 126 valence electrons. The van der Waals surface area contributed by atoms with Gasteiger partial charge in [-0.15, -0.1) is 5.10 Å². The predicted molar refractivity (Wildman–Crippen MR) is 82.0 cm³/mol. The second-order valence-electron chi connectivity index (χ2n) is 6.37. The molecule has 0 bridgehead atoms. The summed E-state index contributed by atoms with van der Waals surface area (Å²) in [5, 5.41) is 6.77. The quantitative estimate of drug-likeness (QED) is 0.859. The first-order valence-corrected chi connectivity index (χ1v) is 7.45. The van der Waals surface area contributed by atoms with E-state index in [0.29, 0.717) is 11.5 Å². The maximum absolute atomic E-state index is 13.0. The third kappa shape index (κ3) is 2.86. The van der Waals surface area contributed by atoms with Crippen LogP contribution in [0.25, 0.3) is 5.69 Å². The Balaban J connectivity index is 1.83. The summed E-state index contributed by atoms with van der Waals surface area (Å²) in [5.74, 6) is -0.984. The molecule has 1 amide bonds. The van der Waals surface area contributed by atoms with E-state index in [1.165, 1.54) is 28.9 Å². The van der Waals surface area contributed by atoms with E-state index in [1.807, 2.05) is 13.8 Å². The van der Waals surface area contributed by atoms with Crippen molar-refractivity contribution in [3.05, 3.63) is 41.7 Å². The van der Waals surface area contributed by atoms with Crippen molar-refractivity contribution in [1.29, 1.82) is 0 Å². The van der Waals surface area contributed by atoms with Gasteiger partial charge in [-0.05, 0) is 31.2 Å². The highest BCUT2D eigenvalue weighted by Crippen LogP contribution is 2.28. The predicted octanol–water partition coefficient (Wildman–Crippen LogP) is 1.40. The number of esters is 1. The van der Waals surface area contributed by atoms with Gasteiger partial charge in [-0.1, -0.05) is 13.8 Å². The Hall–Kier alpha value is -2.77. The minimum atomic E-state index is -0.747. The minimum absolute atomic E-state index is 0.0627. The van der Waals surface area contributed by atoms with E-state index in [2.05, 4.69) is 15.4 Å². The first-order valence-electron chi connectivity index (χ1n) is 7.45. The lowest BCUT2D eigenvalue weighted by Gasteiger charge is -2.21. The van der Waals surface area contributed by atoms with Crippen molar-refractivity contribution in [3.8, 4) is 5.69 Å². The summed E-state index contributed by atoms with van der Waals surface area (Å²) in [6, 6.07) is 4.93. The van der Waals surface area contributed by atoms with Gasteiger partial charge in [0.05, 0.1) is 12.3 Å². The number of benzene rings is 1. The average molecular weight is 332 g/mol. The van der Waals surface area contributed by atoms with Gasteiger partial charge in [0.25, 0.3) is 5.91 Å². The van der Waals surface area contributed by atoms with Gasteiger partial charge in [-0.25, -0.2) is 18.9 Å². The van der Waals surface area contributed by atoms with Crippen LogP contribution in [0.3, 0.4) is 0 Å². The van der Waals surface area contributed by atoms with Crippen LogP contribution in [0.15, 0.2) is 24.3 Å². The van der Waals surface area contributed by atoms with Crippen LogP contribution in [0.2, 0.25) is 0 Å². The molecule has 0 radical (unpaired) electrons. The Morgan fingerprint density at radius 1 is 1.38 bits per heavy atom. The van der Waals surface area contributed by atoms with Crippen molar-refractivity contribution in [2.24, 2.45) is 5.41 Å². The highest BCUT2D eigenvalue weighted by atomic mass is 19.1. The number of nitrogens with zero attached hydrogens (tertiary/aromatic N) is 3. The van der Waals surface area contributed by atoms with Gasteiger partial charge in [0.15, 0.2) is 0 Å². The fourth-order valence-electron chi connectivity index (χ4n) is 2.51. The number of carbonyl (C=O) groups is 2. The normalized spacial score (nSPS) is 19.2. The molecule has 1 aromatic carbocycles. The summed E-state index contributed by atoms with van der Waals surface area (Å²) in [5.41, 5.74) is 0.0856. The van der Waals surface area contributed by atoms with E-state index in [-0.39, 0.29) is 18.2 Å². The third-order valence-corrected chi connectivity index (χ3v) is 3.92. The lowest BCUT2D eigenvalue weighted by atomic mass is 9.87. The zero-order valence-corrected chi connectivity index (χ0v) is 13.5. The third-order valence-electron chi connectivity index (χ3n) is 3.92. The molecule has 2 heterocycles. The first kappa shape index (κ1) is 16.1. The Bertz CT molecular complexity index is 798. The number of hydrogen-bond acceptors (Lipinski definition) is 5. The monoisotopic (exact) mass is 332 g/mol. The number of rotatable bonds is 3. The molecule has 1 saturated heterocycles. The molecule has 0 aliphatic carbocycles. The Morgan fingerprint density at radius 3 is 2.62 bits per heavy atom. The number of halogens is 1. The Labute approximate surface area is 137 Å². The first-order chi connectivity index (χ1) is 11.3. The van der Waals surface area contributed by atoms with Crippen LogP contribution in [0.1, 0.15) is 30.3 Å². The van der Waals surface area contributed by atoms with Gasteiger partial charge in [0, 0.05) is 5.41 Å². The molecule has 1 unspecified atom stereocenters. The molecule has 1 aromatic heterocycles. The number of cyclic esters (lactones) is 1. The van der Waals surface area contributed by atoms with E-state index < -0.39 is 23.3 Å². The number of ether oxygens (including phenoxy) is 1. The van der Waals surface area contributed by atoms with Gasteiger partial charge < -0.3 is 10.1 Å². The van der Waals surface area contributed by atoms with Gasteiger partial charge in [-0.2, -0.15) is 0 Å². The SMILES string of the molecule is Cc1nc(C(=O)NC2C(=O)OCC2(C)C)nn1-c1ccc(F)cc1. The van der Waals surface area contributed by atoms with E-state index in [9.17, 15) is 14.0 Å². The fourth-order valence-corrected chi connectivity index (χ4v) is 2.51. The second kappa shape index (κ2) is 5.70. The smallest absolute Gasteiger partial charge is 0.329 e. The molecule has 3 rings (SSSR count). The molecular weight excluding hydrogens is 315 g/mol. The summed E-state index contributed by atoms with van der Waals surface area (Å²) < 4.78 is 19.4. The van der Waals surface area contributed by atoms with Crippen molar-refractivity contribution in [2.75, 3.05) is 6.61 Å². The summed E-state index contributed by atoms with van der Waals surface area (Å²) in [4.78, 5) is 28.2. The van der Waals surface area contributed by atoms with Crippen LogP contribution in [0.5, 0.6) is 0 Å². The molecule has 0 saturated carbocycles. The van der Waals surface area contributed by atoms with Crippen LogP contribution >= 0.6 is 0 Å². The molecule has 2 aromatic rings. The molecule has 24 heavy (non-hydrogen) atoms. The number of nitrogens with one attached hydrogen (secondary N) is 1. The van der Waals surface area contributed by atoms with Gasteiger partial charge in [0.1, 0.15) is 17.7 Å². The van der Waals surface area contributed by atoms with Crippen LogP contribution in [0.4, 0.5) is 4.39 Å². The summed E-state index contributed by atoms with van der Waals surface area (Å²) in [6.07, 6.45) is 0. The molecule has 8 heteroatoms. The summed E-state index contributed by atoms with van der Waals surface area (Å²) in [6.45, 7) is 5.59. The number of aryl methyl sites for hydroxylation is 1. The van der Waals surface area contributed by atoms with E-state index >= 15 is 0 Å². The zero-order valence-electron chi connectivity index (χ0n) is 13.5. The Morgan fingerprint density at radius 2 is 2.04 bits per heavy atom. The van der Waals surface area contributed by atoms with E-state index in [4.69, 9.17) is 4.74 Å².